The molecule has 0 spiro atoms. The molecule has 0 atom stereocenters. The van der Waals surface area contributed by atoms with Gasteiger partial charge < -0.3 is 10.6 Å². The van der Waals surface area contributed by atoms with E-state index in [0.29, 0.717) is 5.69 Å². The van der Waals surface area contributed by atoms with E-state index in [-0.39, 0.29) is 5.28 Å². The van der Waals surface area contributed by atoms with Crippen LogP contribution in [0.4, 0.5) is 11.5 Å². The number of hydrogen-bond donors (Lipinski definition) is 1. The summed E-state index contributed by atoms with van der Waals surface area (Å²) < 4.78 is 0. The highest BCUT2D eigenvalue weighted by atomic mass is 35.5. The summed E-state index contributed by atoms with van der Waals surface area (Å²) in [5.41, 5.74) is 6.46. The number of anilines is 2. The van der Waals surface area contributed by atoms with E-state index in [2.05, 4.69) is 14.9 Å². The van der Waals surface area contributed by atoms with Crippen molar-refractivity contribution < 1.29 is 0 Å². The third-order valence-corrected chi connectivity index (χ3v) is 2.85. The van der Waals surface area contributed by atoms with Crippen LogP contribution >= 0.6 is 11.6 Å². The molecule has 82 valence electrons. The largest absolute Gasteiger partial charge is 0.394 e. The smallest absolute Gasteiger partial charge is 0.224 e. The molecular formula is C10H15ClN4. The number of aromatic nitrogens is 2. The lowest BCUT2D eigenvalue weighted by Crippen LogP contribution is -2.26. The second kappa shape index (κ2) is 4.66. The molecule has 4 nitrogen and oxygen atoms in total. The summed E-state index contributed by atoms with van der Waals surface area (Å²) in [6, 6.07) is 0. The van der Waals surface area contributed by atoms with Crippen molar-refractivity contribution in [2.24, 2.45) is 0 Å². The Bertz CT molecular complexity index is 334. The van der Waals surface area contributed by atoms with Crippen molar-refractivity contribution in [2.45, 2.75) is 25.7 Å². The molecule has 0 amide bonds. The molecule has 0 aliphatic carbocycles. The third-order valence-electron chi connectivity index (χ3n) is 2.67. The molecule has 2 heterocycles. The van der Waals surface area contributed by atoms with Crippen LogP contribution in [0.15, 0.2) is 6.20 Å². The minimum absolute atomic E-state index is 0.267. The summed E-state index contributed by atoms with van der Waals surface area (Å²) >= 11 is 5.77. The van der Waals surface area contributed by atoms with E-state index in [4.69, 9.17) is 17.3 Å². The van der Waals surface area contributed by atoms with Crippen LogP contribution in [0.3, 0.4) is 0 Å². The Balaban J connectivity index is 2.22. The fourth-order valence-corrected chi connectivity index (χ4v) is 2.03. The highest BCUT2D eigenvalue weighted by Gasteiger charge is 2.14. The average molecular weight is 227 g/mol. The van der Waals surface area contributed by atoms with Crippen molar-refractivity contribution in [1.29, 1.82) is 0 Å². The van der Waals surface area contributed by atoms with Crippen molar-refractivity contribution in [3.05, 3.63) is 11.5 Å². The van der Waals surface area contributed by atoms with Gasteiger partial charge in [0.2, 0.25) is 5.28 Å². The minimum atomic E-state index is 0.267. The zero-order valence-electron chi connectivity index (χ0n) is 8.62. The maximum Gasteiger partial charge on any atom is 0.224 e. The van der Waals surface area contributed by atoms with E-state index in [1.807, 2.05) is 0 Å². The maximum absolute atomic E-state index is 5.85. The maximum atomic E-state index is 5.85. The zero-order chi connectivity index (χ0) is 10.7. The van der Waals surface area contributed by atoms with E-state index >= 15 is 0 Å². The first kappa shape index (κ1) is 10.5. The van der Waals surface area contributed by atoms with E-state index in [9.17, 15) is 0 Å². The van der Waals surface area contributed by atoms with E-state index in [1.165, 1.54) is 25.7 Å². The van der Waals surface area contributed by atoms with Gasteiger partial charge in [-0.15, -0.1) is 0 Å². The monoisotopic (exact) mass is 226 g/mol. The van der Waals surface area contributed by atoms with Crippen LogP contribution in [-0.2, 0) is 0 Å². The number of rotatable bonds is 1. The molecule has 1 aromatic heterocycles. The highest BCUT2D eigenvalue weighted by Crippen LogP contribution is 2.23. The Labute approximate surface area is 94.5 Å². The van der Waals surface area contributed by atoms with Gasteiger partial charge in [-0.25, -0.2) is 4.98 Å². The van der Waals surface area contributed by atoms with Gasteiger partial charge in [0, 0.05) is 13.1 Å². The van der Waals surface area contributed by atoms with Gasteiger partial charge in [-0.1, -0.05) is 12.8 Å². The van der Waals surface area contributed by atoms with Crippen molar-refractivity contribution in [1.82, 2.24) is 9.97 Å². The predicted molar refractivity (Wildman–Crippen MR) is 62.1 cm³/mol. The fourth-order valence-electron chi connectivity index (χ4n) is 1.90. The molecule has 0 unspecified atom stereocenters. The Morgan fingerprint density at radius 3 is 2.53 bits per heavy atom. The molecule has 1 saturated heterocycles. The van der Waals surface area contributed by atoms with Crippen LogP contribution in [-0.4, -0.2) is 23.1 Å². The highest BCUT2D eigenvalue weighted by molar-refractivity contribution is 6.28. The predicted octanol–water partition coefficient (Wildman–Crippen LogP) is 2.09. The lowest BCUT2D eigenvalue weighted by Gasteiger charge is -2.22. The van der Waals surface area contributed by atoms with Gasteiger partial charge in [-0.2, -0.15) is 4.98 Å². The molecule has 15 heavy (non-hydrogen) atoms. The minimum Gasteiger partial charge on any atom is -0.394 e. The SMILES string of the molecule is Nc1cnc(Cl)nc1N1CCCCCC1. The normalized spacial score (nSPS) is 17.5. The van der Waals surface area contributed by atoms with Gasteiger partial charge in [0.05, 0.1) is 11.9 Å². The van der Waals surface area contributed by atoms with Gasteiger partial charge in [0.1, 0.15) is 0 Å². The molecular weight excluding hydrogens is 212 g/mol. The summed E-state index contributed by atoms with van der Waals surface area (Å²) in [6.07, 6.45) is 6.54. The zero-order valence-corrected chi connectivity index (χ0v) is 9.37. The molecule has 1 aliphatic heterocycles. The van der Waals surface area contributed by atoms with Gasteiger partial charge in [0.15, 0.2) is 5.82 Å². The van der Waals surface area contributed by atoms with Gasteiger partial charge in [-0.3, -0.25) is 0 Å². The Kier molecular flexibility index (Phi) is 3.26. The summed E-state index contributed by atoms with van der Waals surface area (Å²) in [5.74, 6) is 0.789. The number of halogens is 1. The third kappa shape index (κ3) is 2.50. The first-order chi connectivity index (χ1) is 7.27. The van der Waals surface area contributed by atoms with Crippen molar-refractivity contribution >= 4 is 23.1 Å². The molecule has 2 N–H and O–H groups in total. The summed E-state index contributed by atoms with van der Waals surface area (Å²) in [6.45, 7) is 2.02. The summed E-state index contributed by atoms with van der Waals surface area (Å²) in [5, 5.41) is 0.267. The van der Waals surface area contributed by atoms with Crippen LogP contribution in [0.1, 0.15) is 25.7 Å². The molecule has 0 aromatic carbocycles. The molecule has 1 fully saturated rings. The van der Waals surface area contributed by atoms with Gasteiger partial charge >= 0.3 is 0 Å². The molecule has 0 saturated carbocycles. The quantitative estimate of drug-likeness (QED) is 0.746. The fraction of sp³-hybridized carbons (Fsp3) is 0.600. The molecule has 0 bridgehead atoms. The second-order valence-electron chi connectivity index (χ2n) is 3.82. The molecule has 2 rings (SSSR count). The molecule has 1 aliphatic rings. The summed E-state index contributed by atoms with van der Waals surface area (Å²) in [4.78, 5) is 10.3. The first-order valence-corrected chi connectivity index (χ1v) is 5.68. The van der Waals surface area contributed by atoms with Crippen molar-refractivity contribution in [2.75, 3.05) is 23.7 Å². The Morgan fingerprint density at radius 2 is 1.87 bits per heavy atom. The topological polar surface area (TPSA) is 55.0 Å². The van der Waals surface area contributed by atoms with E-state index in [1.54, 1.807) is 6.20 Å². The second-order valence-corrected chi connectivity index (χ2v) is 4.16. The Hall–Kier alpha value is -1.03. The molecule has 5 heteroatoms. The lowest BCUT2D eigenvalue weighted by atomic mass is 10.2. The van der Waals surface area contributed by atoms with Crippen LogP contribution < -0.4 is 10.6 Å². The van der Waals surface area contributed by atoms with Crippen LogP contribution in [0.5, 0.6) is 0 Å². The Morgan fingerprint density at radius 1 is 1.20 bits per heavy atom. The van der Waals surface area contributed by atoms with Crippen LogP contribution in [0.2, 0.25) is 5.28 Å². The van der Waals surface area contributed by atoms with Gasteiger partial charge in [-0.05, 0) is 24.4 Å². The number of nitrogens with two attached hydrogens (primary N) is 1. The lowest BCUT2D eigenvalue weighted by molar-refractivity contribution is 0.726. The van der Waals surface area contributed by atoms with Crippen molar-refractivity contribution in [3.63, 3.8) is 0 Å². The number of nitrogens with zero attached hydrogens (tertiary/aromatic N) is 3. The van der Waals surface area contributed by atoms with Crippen LogP contribution in [0.25, 0.3) is 0 Å². The number of hydrogen-bond acceptors (Lipinski definition) is 4. The van der Waals surface area contributed by atoms with E-state index in [0.717, 1.165) is 18.9 Å². The van der Waals surface area contributed by atoms with E-state index < -0.39 is 0 Å². The summed E-state index contributed by atoms with van der Waals surface area (Å²) in [7, 11) is 0. The number of nitrogen functional groups attached to an aromatic ring is 1. The molecule has 0 radical (unpaired) electrons. The standard InChI is InChI=1S/C10H15ClN4/c11-10-13-7-8(12)9(14-10)15-5-3-1-2-4-6-15/h7H,1-6,12H2. The average Bonchev–Trinajstić information content (AvgIpc) is 2.50. The molecule has 1 aromatic rings. The van der Waals surface area contributed by atoms with Crippen LogP contribution in [0, 0.1) is 0 Å². The van der Waals surface area contributed by atoms with Gasteiger partial charge in [0.25, 0.3) is 0 Å². The van der Waals surface area contributed by atoms with Crippen molar-refractivity contribution in [3.8, 4) is 0 Å². The first-order valence-electron chi connectivity index (χ1n) is 5.30.